The molecule has 4 nitrogen and oxygen atoms in total. The summed E-state index contributed by atoms with van der Waals surface area (Å²) in [6.07, 6.45) is -0.659. The third kappa shape index (κ3) is 3.65. The van der Waals surface area contributed by atoms with E-state index in [0.29, 0.717) is 22.1 Å². The van der Waals surface area contributed by atoms with Gasteiger partial charge >= 0.3 is 0 Å². The molecule has 1 amide bonds. The number of nitrogen functional groups attached to an aromatic ring is 1. The SMILES string of the molecule is CC(Oc1cccc(Cl)c1)C(=O)Nc1ccccc1N. The number of carbonyl (C=O) groups is 1. The Hall–Kier alpha value is -2.20. The number of amides is 1. The van der Waals surface area contributed by atoms with Gasteiger partial charge in [-0.15, -0.1) is 0 Å². The van der Waals surface area contributed by atoms with Gasteiger partial charge in [-0.2, -0.15) is 0 Å². The second-order valence-electron chi connectivity index (χ2n) is 4.29. The van der Waals surface area contributed by atoms with Crippen molar-refractivity contribution in [3.05, 3.63) is 53.6 Å². The van der Waals surface area contributed by atoms with E-state index in [1.165, 1.54) is 0 Å². The second-order valence-corrected chi connectivity index (χ2v) is 4.73. The molecule has 0 aliphatic heterocycles. The molecule has 0 radical (unpaired) electrons. The smallest absolute Gasteiger partial charge is 0.265 e. The lowest BCUT2D eigenvalue weighted by atomic mass is 10.2. The third-order valence-electron chi connectivity index (χ3n) is 2.70. The van der Waals surface area contributed by atoms with Gasteiger partial charge in [-0.3, -0.25) is 4.79 Å². The van der Waals surface area contributed by atoms with E-state index >= 15 is 0 Å². The Morgan fingerprint density at radius 1 is 1.25 bits per heavy atom. The molecule has 0 saturated carbocycles. The summed E-state index contributed by atoms with van der Waals surface area (Å²) >= 11 is 5.86. The van der Waals surface area contributed by atoms with Gasteiger partial charge in [0.25, 0.3) is 5.91 Å². The van der Waals surface area contributed by atoms with E-state index in [9.17, 15) is 4.79 Å². The van der Waals surface area contributed by atoms with Gasteiger partial charge in [0.1, 0.15) is 5.75 Å². The van der Waals surface area contributed by atoms with Crippen molar-refractivity contribution < 1.29 is 9.53 Å². The molecular weight excluding hydrogens is 276 g/mol. The maximum Gasteiger partial charge on any atom is 0.265 e. The molecule has 104 valence electrons. The Labute approximate surface area is 122 Å². The van der Waals surface area contributed by atoms with E-state index < -0.39 is 6.10 Å². The van der Waals surface area contributed by atoms with Gasteiger partial charge in [0.2, 0.25) is 0 Å². The van der Waals surface area contributed by atoms with Crippen molar-refractivity contribution in [2.75, 3.05) is 11.1 Å². The predicted molar refractivity (Wildman–Crippen MR) is 81.0 cm³/mol. The summed E-state index contributed by atoms with van der Waals surface area (Å²) in [6, 6.07) is 14.0. The van der Waals surface area contributed by atoms with E-state index in [4.69, 9.17) is 22.1 Å². The first-order valence-corrected chi connectivity index (χ1v) is 6.51. The van der Waals surface area contributed by atoms with Crippen molar-refractivity contribution in [1.29, 1.82) is 0 Å². The van der Waals surface area contributed by atoms with Crippen molar-refractivity contribution in [3.8, 4) is 5.75 Å². The van der Waals surface area contributed by atoms with Gasteiger partial charge in [-0.05, 0) is 37.3 Å². The Bertz CT molecular complexity index is 616. The minimum atomic E-state index is -0.659. The Balaban J connectivity index is 2.01. The largest absolute Gasteiger partial charge is 0.481 e. The van der Waals surface area contributed by atoms with Gasteiger partial charge in [0, 0.05) is 5.02 Å². The van der Waals surface area contributed by atoms with Crippen LogP contribution < -0.4 is 15.8 Å². The van der Waals surface area contributed by atoms with E-state index in [0.717, 1.165) is 0 Å². The summed E-state index contributed by atoms with van der Waals surface area (Å²) in [7, 11) is 0. The molecule has 0 aliphatic carbocycles. The Morgan fingerprint density at radius 3 is 2.70 bits per heavy atom. The number of ether oxygens (including phenoxy) is 1. The third-order valence-corrected chi connectivity index (χ3v) is 2.93. The predicted octanol–water partition coefficient (Wildman–Crippen LogP) is 3.33. The van der Waals surface area contributed by atoms with Gasteiger partial charge in [0.05, 0.1) is 11.4 Å². The molecule has 0 saturated heterocycles. The molecule has 3 N–H and O–H groups in total. The quantitative estimate of drug-likeness (QED) is 0.849. The van der Waals surface area contributed by atoms with Crippen LogP contribution in [-0.4, -0.2) is 12.0 Å². The molecule has 2 aromatic carbocycles. The molecule has 0 bridgehead atoms. The normalized spacial score (nSPS) is 11.7. The van der Waals surface area contributed by atoms with Crippen molar-refractivity contribution in [2.24, 2.45) is 0 Å². The van der Waals surface area contributed by atoms with Gasteiger partial charge < -0.3 is 15.8 Å². The number of hydrogen-bond acceptors (Lipinski definition) is 3. The highest BCUT2D eigenvalue weighted by Crippen LogP contribution is 2.20. The van der Waals surface area contributed by atoms with Gasteiger partial charge in [0.15, 0.2) is 6.10 Å². The Kier molecular flexibility index (Phi) is 4.48. The lowest BCUT2D eigenvalue weighted by Gasteiger charge is -2.15. The zero-order chi connectivity index (χ0) is 14.5. The first-order chi connectivity index (χ1) is 9.56. The summed E-state index contributed by atoms with van der Waals surface area (Å²) in [5, 5.41) is 3.28. The monoisotopic (exact) mass is 290 g/mol. The summed E-state index contributed by atoms with van der Waals surface area (Å²) < 4.78 is 5.53. The second kappa shape index (κ2) is 6.30. The van der Waals surface area contributed by atoms with Crippen LogP contribution in [0.3, 0.4) is 0 Å². The number of benzene rings is 2. The van der Waals surface area contributed by atoms with Crippen LogP contribution in [0.4, 0.5) is 11.4 Å². The highest BCUT2D eigenvalue weighted by Gasteiger charge is 2.15. The van der Waals surface area contributed by atoms with Crippen LogP contribution in [0, 0.1) is 0 Å². The van der Waals surface area contributed by atoms with Crippen LogP contribution in [0.5, 0.6) is 5.75 Å². The van der Waals surface area contributed by atoms with Crippen molar-refractivity contribution in [1.82, 2.24) is 0 Å². The summed E-state index contributed by atoms with van der Waals surface area (Å²) in [5.41, 5.74) is 6.85. The first kappa shape index (κ1) is 14.2. The average molecular weight is 291 g/mol. The highest BCUT2D eigenvalue weighted by molar-refractivity contribution is 6.30. The van der Waals surface area contributed by atoms with Crippen molar-refractivity contribution in [3.63, 3.8) is 0 Å². The van der Waals surface area contributed by atoms with Crippen molar-refractivity contribution >= 4 is 28.9 Å². The maximum atomic E-state index is 12.0. The molecule has 2 aromatic rings. The molecule has 0 aromatic heterocycles. The molecular formula is C15H15ClN2O2. The molecule has 2 rings (SSSR count). The van der Waals surface area contributed by atoms with Crippen LogP contribution in [0.1, 0.15) is 6.92 Å². The lowest BCUT2D eigenvalue weighted by Crippen LogP contribution is -2.30. The fourth-order valence-electron chi connectivity index (χ4n) is 1.64. The number of hydrogen-bond donors (Lipinski definition) is 2. The molecule has 0 fully saturated rings. The number of carbonyl (C=O) groups excluding carboxylic acids is 1. The number of anilines is 2. The first-order valence-electron chi connectivity index (χ1n) is 6.14. The standard InChI is InChI=1S/C15H15ClN2O2/c1-10(20-12-6-4-5-11(16)9-12)15(19)18-14-8-3-2-7-13(14)17/h2-10H,17H2,1H3,(H,18,19). The van der Waals surface area contributed by atoms with E-state index in [1.54, 1.807) is 55.5 Å². The van der Waals surface area contributed by atoms with E-state index in [2.05, 4.69) is 5.32 Å². The molecule has 0 heterocycles. The zero-order valence-corrected chi connectivity index (χ0v) is 11.7. The number of nitrogens with two attached hydrogens (primary N) is 1. The summed E-state index contributed by atoms with van der Waals surface area (Å²) in [4.78, 5) is 12.0. The van der Waals surface area contributed by atoms with Crippen LogP contribution in [0.15, 0.2) is 48.5 Å². The summed E-state index contributed by atoms with van der Waals surface area (Å²) in [6.45, 7) is 1.66. The van der Waals surface area contributed by atoms with Gasteiger partial charge in [-0.25, -0.2) is 0 Å². The maximum absolute atomic E-state index is 12.0. The van der Waals surface area contributed by atoms with Crippen LogP contribution in [0.2, 0.25) is 5.02 Å². The summed E-state index contributed by atoms with van der Waals surface area (Å²) in [5.74, 6) is 0.268. The molecule has 20 heavy (non-hydrogen) atoms. The number of rotatable bonds is 4. The fraction of sp³-hybridized carbons (Fsp3) is 0.133. The van der Waals surface area contributed by atoms with Crippen LogP contribution >= 0.6 is 11.6 Å². The lowest BCUT2D eigenvalue weighted by molar-refractivity contribution is -0.122. The van der Waals surface area contributed by atoms with Crippen LogP contribution in [-0.2, 0) is 4.79 Å². The molecule has 1 atom stereocenters. The van der Waals surface area contributed by atoms with Gasteiger partial charge in [-0.1, -0.05) is 29.8 Å². The van der Waals surface area contributed by atoms with Crippen molar-refractivity contribution in [2.45, 2.75) is 13.0 Å². The number of para-hydroxylation sites is 2. The molecule has 5 heteroatoms. The Morgan fingerprint density at radius 2 is 2.00 bits per heavy atom. The average Bonchev–Trinajstić information content (AvgIpc) is 2.41. The minimum Gasteiger partial charge on any atom is -0.481 e. The van der Waals surface area contributed by atoms with Crippen LogP contribution in [0.25, 0.3) is 0 Å². The molecule has 0 aliphatic rings. The zero-order valence-electron chi connectivity index (χ0n) is 11.0. The van der Waals surface area contributed by atoms with E-state index in [-0.39, 0.29) is 5.91 Å². The number of halogens is 1. The van der Waals surface area contributed by atoms with E-state index in [1.807, 2.05) is 0 Å². The number of nitrogens with one attached hydrogen (secondary N) is 1. The molecule has 0 spiro atoms. The topological polar surface area (TPSA) is 64.3 Å². The minimum absolute atomic E-state index is 0.275. The molecule has 1 unspecified atom stereocenters. The fourth-order valence-corrected chi connectivity index (χ4v) is 1.82. The highest BCUT2D eigenvalue weighted by atomic mass is 35.5.